The van der Waals surface area contributed by atoms with E-state index in [0.717, 1.165) is 50.7 Å². The van der Waals surface area contributed by atoms with Crippen LogP contribution >= 0.6 is 23.2 Å². The highest BCUT2D eigenvalue weighted by atomic mass is 35.5. The Morgan fingerprint density at radius 1 is 1.29 bits per heavy atom. The molecule has 0 unspecified atom stereocenters. The number of nitrogens with two attached hydrogens (primary N) is 1. The summed E-state index contributed by atoms with van der Waals surface area (Å²) in [7, 11) is 1.64. The van der Waals surface area contributed by atoms with Crippen LogP contribution in [0.25, 0.3) is 0 Å². The van der Waals surface area contributed by atoms with Gasteiger partial charge in [-0.25, -0.2) is 0 Å². The zero-order chi connectivity index (χ0) is 15.1. The first kappa shape index (κ1) is 16.8. The van der Waals surface area contributed by atoms with Crippen LogP contribution in [0.4, 0.5) is 0 Å². The minimum atomic E-state index is 0.575. The van der Waals surface area contributed by atoms with Crippen LogP contribution in [-0.4, -0.2) is 46.5 Å². The van der Waals surface area contributed by atoms with Crippen molar-refractivity contribution in [3.05, 3.63) is 27.7 Å². The van der Waals surface area contributed by atoms with Crippen molar-refractivity contribution in [3.8, 4) is 5.75 Å². The third kappa shape index (κ3) is 5.31. The molecule has 1 heterocycles. The summed E-state index contributed by atoms with van der Waals surface area (Å²) in [6, 6.07) is 3.64. The van der Waals surface area contributed by atoms with Crippen LogP contribution in [0.15, 0.2) is 12.1 Å². The zero-order valence-electron chi connectivity index (χ0n) is 12.5. The van der Waals surface area contributed by atoms with Crippen LogP contribution in [-0.2, 0) is 11.3 Å². The molecule has 0 aliphatic carbocycles. The van der Waals surface area contributed by atoms with E-state index in [-0.39, 0.29) is 0 Å². The Morgan fingerprint density at radius 3 is 2.76 bits per heavy atom. The van der Waals surface area contributed by atoms with Crippen molar-refractivity contribution >= 4 is 23.2 Å². The quantitative estimate of drug-likeness (QED) is 0.707. The number of benzene rings is 1. The van der Waals surface area contributed by atoms with Gasteiger partial charge in [0.05, 0.1) is 44.0 Å². The van der Waals surface area contributed by atoms with E-state index in [1.807, 2.05) is 6.07 Å². The van der Waals surface area contributed by atoms with E-state index in [9.17, 15) is 0 Å². The van der Waals surface area contributed by atoms with E-state index in [1.54, 1.807) is 18.1 Å². The number of quaternary nitrogens is 2. The van der Waals surface area contributed by atoms with Crippen LogP contribution < -0.4 is 15.0 Å². The molecule has 0 aromatic heterocycles. The molecule has 1 fully saturated rings. The highest BCUT2D eigenvalue weighted by Crippen LogP contribution is 2.31. The normalized spacial score (nSPS) is 16.1. The highest BCUT2D eigenvalue weighted by Gasteiger charge is 2.14. The van der Waals surface area contributed by atoms with Gasteiger partial charge in [0.1, 0.15) is 25.4 Å². The fourth-order valence-electron chi connectivity index (χ4n) is 2.66. The van der Waals surface area contributed by atoms with Crippen LogP contribution in [0, 0.1) is 0 Å². The standard InChI is InChI=1S/C15H22Cl2N2O2/c1-20-15-12(9-13(16)10-14(15)17)11-18-3-2-4-19-5-7-21-8-6-19/h9-10,18H,2-8,11H2,1H3/p+2. The summed E-state index contributed by atoms with van der Waals surface area (Å²) in [6.45, 7) is 7.22. The lowest BCUT2D eigenvalue weighted by Crippen LogP contribution is -3.14. The van der Waals surface area contributed by atoms with E-state index in [2.05, 4.69) is 5.32 Å². The van der Waals surface area contributed by atoms with Gasteiger partial charge in [0.25, 0.3) is 0 Å². The predicted molar refractivity (Wildman–Crippen MR) is 84.5 cm³/mol. The molecular weight excluding hydrogens is 311 g/mol. The van der Waals surface area contributed by atoms with E-state index < -0.39 is 0 Å². The van der Waals surface area contributed by atoms with Gasteiger partial charge in [-0.1, -0.05) is 23.2 Å². The highest BCUT2D eigenvalue weighted by molar-refractivity contribution is 6.35. The Balaban J connectivity index is 1.73. The molecule has 1 aromatic carbocycles. The molecule has 0 spiro atoms. The molecule has 1 aliphatic heterocycles. The lowest BCUT2D eigenvalue weighted by molar-refractivity contribution is -0.909. The van der Waals surface area contributed by atoms with Crippen molar-refractivity contribution in [3.63, 3.8) is 0 Å². The molecule has 0 bridgehead atoms. The first-order valence-electron chi connectivity index (χ1n) is 7.45. The van der Waals surface area contributed by atoms with Crippen molar-refractivity contribution in [1.29, 1.82) is 0 Å². The SMILES string of the molecule is COc1c(Cl)cc(Cl)cc1C[NH2+]CCC[NH+]1CCOCC1. The van der Waals surface area contributed by atoms with E-state index in [1.165, 1.54) is 13.0 Å². The third-order valence-corrected chi connectivity index (χ3v) is 4.29. The van der Waals surface area contributed by atoms with Gasteiger partial charge >= 0.3 is 0 Å². The second-order valence-electron chi connectivity index (χ2n) is 5.33. The Kier molecular flexibility index (Phi) is 7.07. The van der Waals surface area contributed by atoms with Crippen LogP contribution in [0.2, 0.25) is 10.0 Å². The molecule has 0 saturated carbocycles. The molecule has 1 aliphatic rings. The smallest absolute Gasteiger partial charge is 0.146 e. The summed E-state index contributed by atoms with van der Waals surface area (Å²) < 4.78 is 10.7. The summed E-state index contributed by atoms with van der Waals surface area (Å²) in [5, 5.41) is 3.51. The number of methoxy groups -OCH3 is 1. The number of ether oxygens (including phenoxy) is 2. The monoisotopic (exact) mass is 334 g/mol. The Labute approximate surface area is 136 Å². The van der Waals surface area contributed by atoms with Gasteiger partial charge < -0.3 is 19.7 Å². The molecule has 6 heteroatoms. The minimum Gasteiger partial charge on any atom is -0.495 e. The van der Waals surface area contributed by atoms with Crippen LogP contribution in [0.1, 0.15) is 12.0 Å². The van der Waals surface area contributed by atoms with Crippen molar-refractivity contribution in [1.82, 2.24) is 0 Å². The zero-order valence-corrected chi connectivity index (χ0v) is 14.0. The van der Waals surface area contributed by atoms with Crippen molar-refractivity contribution in [2.24, 2.45) is 0 Å². The molecule has 21 heavy (non-hydrogen) atoms. The van der Waals surface area contributed by atoms with E-state index >= 15 is 0 Å². The number of nitrogens with one attached hydrogen (secondary N) is 1. The molecule has 118 valence electrons. The topological polar surface area (TPSA) is 39.5 Å². The Bertz CT molecular complexity index is 452. The average Bonchev–Trinajstić information content (AvgIpc) is 2.47. The molecule has 1 aromatic rings. The third-order valence-electron chi connectivity index (χ3n) is 3.79. The summed E-state index contributed by atoms with van der Waals surface area (Å²) in [5.41, 5.74) is 1.05. The molecular formula is C15H24Cl2N2O2+2. The maximum Gasteiger partial charge on any atom is 0.146 e. The van der Waals surface area contributed by atoms with Crippen molar-refractivity contribution in [2.75, 3.05) is 46.5 Å². The number of halogens is 2. The van der Waals surface area contributed by atoms with Gasteiger partial charge in [0, 0.05) is 11.4 Å². The molecule has 1 saturated heterocycles. The number of hydrogen-bond acceptors (Lipinski definition) is 2. The second-order valence-corrected chi connectivity index (χ2v) is 6.17. The van der Waals surface area contributed by atoms with Crippen LogP contribution in [0.5, 0.6) is 5.75 Å². The predicted octanol–water partition coefficient (Wildman–Crippen LogP) is 0.371. The second kappa shape index (κ2) is 8.81. The van der Waals surface area contributed by atoms with E-state index in [0.29, 0.717) is 10.0 Å². The molecule has 2 rings (SSSR count). The summed E-state index contributed by atoms with van der Waals surface area (Å²) >= 11 is 12.2. The van der Waals surface area contributed by atoms with Gasteiger partial charge in [-0.05, 0) is 12.1 Å². The number of rotatable bonds is 7. The minimum absolute atomic E-state index is 0.575. The largest absolute Gasteiger partial charge is 0.495 e. The molecule has 0 atom stereocenters. The fraction of sp³-hybridized carbons (Fsp3) is 0.600. The number of morpholine rings is 1. The van der Waals surface area contributed by atoms with Gasteiger partial charge in [-0.3, -0.25) is 0 Å². The Hall–Kier alpha value is -0.520. The summed E-state index contributed by atoms with van der Waals surface area (Å²) in [5.74, 6) is 0.733. The average molecular weight is 335 g/mol. The van der Waals surface area contributed by atoms with Crippen molar-refractivity contribution < 1.29 is 19.7 Å². The van der Waals surface area contributed by atoms with E-state index in [4.69, 9.17) is 32.7 Å². The van der Waals surface area contributed by atoms with Gasteiger partial charge in [-0.2, -0.15) is 0 Å². The molecule has 0 amide bonds. The lowest BCUT2D eigenvalue weighted by Gasteiger charge is -2.23. The number of hydrogen-bond donors (Lipinski definition) is 2. The van der Waals surface area contributed by atoms with Crippen LogP contribution in [0.3, 0.4) is 0 Å². The molecule has 4 nitrogen and oxygen atoms in total. The van der Waals surface area contributed by atoms with Gasteiger partial charge in [0.15, 0.2) is 0 Å². The first-order chi connectivity index (χ1) is 10.2. The lowest BCUT2D eigenvalue weighted by atomic mass is 10.2. The fourth-order valence-corrected chi connectivity index (χ4v) is 3.27. The first-order valence-corrected chi connectivity index (χ1v) is 8.21. The maximum atomic E-state index is 6.14. The van der Waals surface area contributed by atoms with Gasteiger partial charge in [-0.15, -0.1) is 0 Å². The summed E-state index contributed by atoms with van der Waals surface area (Å²) in [4.78, 5) is 1.65. The molecule has 0 radical (unpaired) electrons. The maximum absolute atomic E-state index is 6.14. The Morgan fingerprint density at radius 2 is 2.05 bits per heavy atom. The van der Waals surface area contributed by atoms with Gasteiger partial charge in [0.2, 0.25) is 0 Å². The summed E-state index contributed by atoms with van der Waals surface area (Å²) in [6.07, 6.45) is 1.20. The van der Waals surface area contributed by atoms with Crippen molar-refractivity contribution in [2.45, 2.75) is 13.0 Å². The molecule has 3 N–H and O–H groups in total.